The molecule has 0 spiro atoms. The second-order valence-electron chi connectivity index (χ2n) is 13.3. The van der Waals surface area contributed by atoms with E-state index >= 15 is 0 Å². The monoisotopic (exact) mass is 751 g/mol. The predicted molar refractivity (Wildman–Crippen MR) is 216 cm³/mol. The third kappa shape index (κ3) is 37.5. The molecule has 0 aliphatic carbocycles. The number of unbranched alkanes of at least 4 members (excludes halogenated alkanes) is 15. The topological polar surface area (TPSA) is 108 Å². The van der Waals surface area contributed by atoms with Crippen LogP contribution >= 0.6 is 7.82 Å². The van der Waals surface area contributed by atoms with Crippen LogP contribution in [0, 0.1) is 0 Å². The number of esters is 2. The summed E-state index contributed by atoms with van der Waals surface area (Å²) in [6.07, 6.45) is 45.6. The molecule has 0 rings (SSSR count). The van der Waals surface area contributed by atoms with E-state index in [1.807, 2.05) is 0 Å². The van der Waals surface area contributed by atoms with Crippen molar-refractivity contribution >= 4 is 19.8 Å². The fourth-order valence-corrected chi connectivity index (χ4v) is 6.12. The fraction of sp³-hybridized carbons (Fsp3) is 0.721. The van der Waals surface area contributed by atoms with Crippen molar-refractivity contribution in [2.24, 2.45) is 0 Å². The van der Waals surface area contributed by atoms with Crippen LogP contribution in [0.25, 0.3) is 0 Å². The van der Waals surface area contributed by atoms with Crippen molar-refractivity contribution in [3.8, 4) is 0 Å². The number of carbonyl (C=O) groups excluding carboxylic acids is 2. The minimum absolute atomic E-state index is 0.00797. The Balaban J connectivity index is 4.19. The number of hydrogen-bond acceptors (Lipinski definition) is 7. The van der Waals surface area contributed by atoms with Gasteiger partial charge < -0.3 is 14.4 Å². The molecular formula is C43H75O8P. The van der Waals surface area contributed by atoms with Crippen LogP contribution in [-0.4, -0.2) is 42.8 Å². The Morgan fingerprint density at radius 3 is 1.48 bits per heavy atom. The fourth-order valence-electron chi connectivity index (χ4n) is 5.36. The van der Waals surface area contributed by atoms with Gasteiger partial charge in [0.05, 0.1) is 13.2 Å². The summed E-state index contributed by atoms with van der Waals surface area (Å²) in [6.45, 7) is 5.31. The standard InChI is InChI=1S/C43H75O8P/c1-4-7-9-11-13-15-17-19-20-21-22-23-24-26-28-30-32-34-36-38-43(45)51-41(40-50-52(46,47)49-6-3)39-48-42(44)37-35-33-31-29-27-25-18-16-14-12-10-8-5-2/h7,9,13,15,19-20,22-23,26,28,41H,4-6,8,10-12,14,16-18,21,24-25,27,29-40H2,1-3H3,(H,46,47)/b9-7-,15-13-,20-19-,23-22-,28-26-. The Labute approximate surface area is 318 Å². The zero-order valence-electron chi connectivity index (χ0n) is 33.2. The molecule has 0 aromatic carbocycles. The normalized spacial score (nSPS) is 14.0. The highest BCUT2D eigenvalue weighted by Gasteiger charge is 2.25. The molecule has 2 unspecified atom stereocenters. The smallest absolute Gasteiger partial charge is 0.462 e. The van der Waals surface area contributed by atoms with Gasteiger partial charge in [-0.1, -0.05) is 158 Å². The van der Waals surface area contributed by atoms with E-state index in [1.165, 1.54) is 64.2 Å². The van der Waals surface area contributed by atoms with Crippen LogP contribution in [-0.2, 0) is 32.7 Å². The van der Waals surface area contributed by atoms with Crippen molar-refractivity contribution in [3.05, 3.63) is 60.8 Å². The largest absolute Gasteiger partial charge is 0.472 e. The number of carbonyl (C=O) groups is 2. The van der Waals surface area contributed by atoms with Crippen molar-refractivity contribution in [1.29, 1.82) is 0 Å². The molecule has 0 aromatic rings. The van der Waals surface area contributed by atoms with E-state index in [1.54, 1.807) is 6.92 Å². The van der Waals surface area contributed by atoms with Crippen molar-refractivity contribution in [1.82, 2.24) is 0 Å². The van der Waals surface area contributed by atoms with Crippen LogP contribution in [0.4, 0.5) is 0 Å². The van der Waals surface area contributed by atoms with E-state index in [0.717, 1.165) is 70.6 Å². The molecule has 52 heavy (non-hydrogen) atoms. The SMILES string of the molecule is CC/C=C\C/C=C\C/C=C\C/C=C\C/C=C\CCCCCC(=O)OC(COC(=O)CCCCCCCCCCCCCCC)COP(=O)(O)OCC. The van der Waals surface area contributed by atoms with Gasteiger partial charge >= 0.3 is 19.8 Å². The maximum absolute atomic E-state index is 12.5. The molecule has 8 nitrogen and oxygen atoms in total. The van der Waals surface area contributed by atoms with Crippen molar-refractivity contribution in [2.45, 2.75) is 181 Å². The molecule has 0 fully saturated rings. The van der Waals surface area contributed by atoms with Crippen molar-refractivity contribution < 1.29 is 37.6 Å². The molecule has 300 valence electrons. The maximum Gasteiger partial charge on any atom is 0.472 e. The second kappa shape index (κ2) is 38.5. The lowest BCUT2D eigenvalue weighted by Gasteiger charge is -2.19. The van der Waals surface area contributed by atoms with E-state index in [4.69, 9.17) is 18.5 Å². The number of allylic oxidation sites excluding steroid dienone is 10. The predicted octanol–water partition coefficient (Wildman–Crippen LogP) is 12.8. The highest BCUT2D eigenvalue weighted by atomic mass is 31.2. The van der Waals surface area contributed by atoms with Crippen LogP contribution in [0.1, 0.15) is 175 Å². The van der Waals surface area contributed by atoms with Gasteiger partial charge in [-0.15, -0.1) is 0 Å². The van der Waals surface area contributed by atoms with Gasteiger partial charge in [-0.3, -0.25) is 18.6 Å². The summed E-state index contributed by atoms with van der Waals surface area (Å²) in [4.78, 5) is 34.7. The number of hydrogen-bond donors (Lipinski definition) is 1. The lowest BCUT2D eigenvalue weighted by molar-refractivity contribution is -0.161. The summed E-state index contributed by atoms with van der Waals surface area (Å²) in [6, 6.07) is 0. The summed E-state index contributed by atoms with van der Waals surface area (Å²) in [5.41, 5.74) is 0. The van der Waals surface area contributed by atoms with Gasteiger partial charge in [0.2, 0.25) is 0 Å². The van der Waals surface area contributed by atoms with Gasteiger partial charge in [-0.05, 0) is 64.7 Å². The zero-order valence-corrected chi connectivity index (χ0v) is 34.1. The first kappa shape index (κ1) is 49.8. The lowest BCUT2D eigenvalue weighted by Crippen LogP contribution is -2.29. The summed E-state index contributed by atoms with van der Waals surface area (Å²) in [5, 5.41) is 0. The van der Waals surface area contributed by atoms with Crippen molar-refractivity contribution in [3.63, 3.8) is 0 Å². The first-order chi connectivity index (χ1) is 25.3. The zero-order chi connectivity index (χ0) is 38.2. The first-order valence-corrected chi connectivity index (χ1v) is 22.1. The maximum atomic E-state index is 12.5. The quantitative estimate of drug-likeness (QED) is 0.0289. The molecule has 0 aliphatic heterocycles. The Kier molecular flexibility index (Phi) is 36.8. The number of ether oxygens (including phenoxy) is 2. The number of phosphoric acid groups is 1. The molecular weight excluding hydrogens is 675 g/mol. The minimum Gasteiger partial charge on any atom is -0.462 e. The highest BCUT2D eigenvalue weighted by molar-refractivity contribution is 7.47. The lowest BCUT2D eigenvalue weighted by atomic mass is 10.0. The second-order valence-corrected chi connectivity index (χ2v) is 14.7. The average molecular weight is 751 g/mol. The number of rotatable bonds is 37. The third-order valence-corrected chi connectivity index (χ3v) is 9.40. The summed E-state index contributed by atoms with van der Waals surface area (Å²) in [5.74, 6) is -0.837. The molecule has 0 saturated carbocycles. The van der Waals surface area contributed by atoms with E-state index in [9.17, 15) is 19.0 Å². The van der Waals surface area contributed by atoms with E-state index in [2.05, 4.69) is 74.6 Å². The van der Waals surface area contributed by atoms with E-state index < -0.39 is 26.5 Å². The molecule has 0 bridgehead atoms. The van der Waals surface area contributed by atoms with Crippen molar-refractivity contribution in [2.75, 3.05) is 19.8 Å². The highest BCUT2D eigenvalue weighted by Crippen LogP contribution is 2.43. The Bertz CT molecular complexity index is 1030. The molecule has 0 aliphatic rings. The Morgan fingerprint density at radius 1 is 0.538 bits per heavy atom. The molecule has 0 radical (unpaired) electrons. The van der Waals surface area contributed by atoms with E-state index in [0.29, 0.717) is 6.42 Å². The van der Waals surface area contributed by atoms with Crippen LogP contribution in [0.2, 0.25) is 0 Å². The molecule has 0 saturated heterocycles. The molecule has 2 atom stereocenters. The Hall–Kier alpha value is -2.25. The Morgan fingerprint density at radius 2 is 0.981 bits per heavy atom. The van der Waals surface area contributed by atoms with Gasteiger partial charge in [-0.2, -0.15) is 0 Å². The van der Waals surface area contributed by atoms with E-state index in [-0.39, 0.29) is 32.0 Å². The minimum atomic E-state index is -4.29. The molecule has 9 heteroatoms. The van der Waals surface area contributed by atoms with Crippen LogP contribution in [0.3, 0.4) is 0 Å². The summed E-state index contributed by atoms with van der Waals surface area (Å²) < 4.78 is 32.6. The average Bonchev–Trinajstić information content (AvgIpc) is 3.12. The van der Waals surface area contributed by atoms with Crippen LogP contribution in [0.5, 0.6) is 0 Å². The van der Waals surface area contributed by atoms with Gasteiger partial charge in [0.25, 0.3) is 0 Å². The molecule has 0 amide bonds. The van der Waals surface area contributed by atoms with Crippen LogP contribution in [0.15, 0.2) is 60.8 Å². The molecule has 1 N–H and O–H groups in total. The molecule has 0 aromatic heterocycles. The van der Waals surface area contributed by atoms with Crippen LogP contribution < -0.4 is 0 Å². The number of phosphoric ester groups is 1. The molecule has 0 heterocycles. The van der Waals surface area contributed by atoms with Gasteiger partial charge in [-0.25, -0.2) is 4.57 Å². The summed E-state index contributed by atoms with van der Waals surface area (Å²) >= 11 is 0. The van der Waals surface area contributed by atoms with Gasteiger partial charge in [0.15, 0.2) is 6.10 Å². The summed E-state index contributed by atoms with van der Waals surface area (Å²) in [7, 11) is -4.29. The van der Waals surface area contributed by atoms with Gasteiger partial charge in [0, 0.05) is 12.8 Å². The first-order valence-electron chi connectivity index (χ1n) is 20.6. The van der Waals surface area contributed by atoms with Gasteiger partial charge in [0.1, 0.15) is 6.61 Å². The third-order valence-electron chi connectivity index (χ3n) is 8.34.